The number of hydrogen-bond acceptors (Lipinski definition) is 15. The minimum atomic E-state index is -4.95. The van der Waals surface area contributed by atoms with Crippen LogP contribution < -0.4 is 0 Å². The summed E-state index contributed by atoms with van der Waals surface area (Å²) < 4.78 is 68.3. The van der Waals surface area contributed by atoms with Crippen LogP contribution in [0.1, 0.15) is 388 Å². The van der Waals surface area contributed by atoms with Crippen molar-refractivity contribution in [2.45, 2.75) is 407 Å². The fourth-order valence-electron chi connectivity index (χ4n) is 11.4. The van der Waals surface area contributed by atoms with Crippen molar-refractivity contribution in [3.8, 4) is 0 Å². The molecule has 6 atom stereocenters. The molecule has 0 aromatic rings. The number of aliphatic hydroxyl groups is 1. The van der Waals surface area contributed by atoms with E-state index in [1.54, 1.807) is 0 Å². The van der Waals surface area contributed by atoms with Gasteiger partial charge in [-0.25, -0.2) is 9.13 Å². The van der Waals surface area contributed by atoms with Gasteiger partial charge in [0.15, 0.2) is 12.2 Å². The zero-order valence-electron chi connectivity index (χ0n) is 61.3. The van der Waals surface area contributed by atoms with E-state index in [2.05, 4.69) is 41.5 Å². The van der Waals surface area contributed by atoms with Crippen LogP contribution in [0, 0.1) is 11.8 Å². The number of phosphoric acid groups is 2. The Kier molecular flexibility index (Phi) is 65.5. The second-order valence-corrected chi connectivity index (χ2v) is 30.7. The summed E-state index contributed by atoms with van der Waals surface area (Å²) in [5.74, 6) is -0.516. The first-order valence-electron chi connectivity index (χ1n) is 39.0. The summed E-state index contributed by atoms with van der Waals surface area (Å²) in [5, 5.41) is 10.6. The Labute approximate surface area is 575 Å². The average molecular weight is 1380 g/mol. The van der Waals surface area contributed by atoms with E-state index in [9.17, 15) is 43.2 Å². The van der Waals surface area contributed by atoms with Crippen molar-refractivity contribution in [1.29, 1.82) is 0 Å². The number of unbranched alkanes of at least 4 members (excludes halogenated alkanes) is 43. The van der Waals surface area contributed by atoms with Crippen LogP contribution in [-0.2, 0) is 65.4 Å². The molecule has 0 spiro atoms. The number of hydrogen-bond donors (Lipinski definition) is 3. The number of aliphatic hydroxyl groups excluding tert-OH is 1. The monoisotopic (exact) mass is 1380 g/mol. The highest BCUT2D eigenvalue weighted by atomic mass is 31.2. The second kappa shape index (κ2) is 66.9. The van der Waals surface area contributed by atoms with Gasteiger partial charge < -0.3 is 33.8 Å². The van der Waals surface area contributed by atoms with Crippen LogP contribution in [0.4, 0.5) is 0 Å². The highest BCUT2D eigenvalue weighted by Crippen LogP contribution is 2.45. The van der Waals surface area contributed by atoms with Gasteiger partial charge in [0.1, 0.15) is 19.3 Å². The number of ether oxygens (including phenoxy) is 4. The van der Waals surface area contributed by atoms with Gasteiger partial charge in [-0.3, -0.25) is 37.3 Å². The van der Waals surface area contributed by atoms with Gasteiger partial charge in [0.25, 0.3) is 0 Å². The first kappa shape index (κ1) is 92.1. The van der Waals surface area contributed by atoms with Crippen LogP contribution in [0.5, 0.6) is 0 Å². The van der Waals surface area contributed by atoms with E-state index in [1.165, 1.54) is 199 Å². The Hall–Kier alpha value is -1.94. The zero-order chi connectivity index (χ0) is 69.3. The van der Waals surface area contributed by atoms with Gasteiger partial charge in [0.05, 0.1) is 26.4 Å². The van der Waals surface area contributed by atoms with Crippen LogP contribution in [0.25, 0.3) is 0 Å². The predicted molar refractivity (Wildman–Crippen MR) is 381 cm³/mol. The van der Waals surface area contributed by atoms with Gasteiger partial charge in [0.2, 0.25) is 0 Å². The minimum Gasteiger partial charge on any atom is -0.462 e. The quantitative estimate of drug-likeness (QED) is 0.0222. The molecule has 3 unspecified atom stereocenters. The van der Waals surface area contributed by atoms with Gasteiger partial charge in [-0.2, -0.15) is 0 Å². The SMILES string of the molecule is CCCCCCCCCCCCCCCCCCCC(=O)OC[C@H](COP(=O)(O)OC[C@@H](O)COP(=O)(O)OC[C@@H](COC(=O)CCCCCCC)OC(=O)CCCCCCCCCCCCCC(C)C)OC(=O)CCCCCCCCCCCCCCCCC(C)CC. The molecule has 558 valence electrons. The van der Waals surface area contributed by atoms with Crippen molar-refractivity contribution < 1.29 is 80.2 Å². The molecule has 0 saturated carbocycles. The van der Waals surface area contributed by atoms with Gasteiger partial charge in [-0.05, 0) is 37.5 Å². The van der Waals surface area contributed by atoms with Crippen molar-refractivity contribution in [3.63, 3.8) is 0 Å². The molecule has 0 heterocycles. The van der Waals surface area contributed by atoms with Crippen LogP contribution in [0.15, 0.2) is 0 Å². The molecule has 3 N–H and O–H groups in total. The molecule has 0 aliphatic carbocycles. The molecule has 0 rings (SSSR count). The molecule has 0 bridgehead atoms. The van der Waals surface area contributed by atoms with E-state index in [4.69, 9.17) is 37.0 Å². The summed E-state index contributed by atoms with van der Waals surface area (Å²) >= 11 is 0. The first-order valence-corrected chi connectivity index (χ1v) is 42.0. The van der Waals surface area contributed by atoms with Gasteiger partial charge in [0, 0.05) is 25.7 Å². The summed E-state index contributed by atoms with van der Waals surface area (Å²) in [4.78, 5) is 72.5. The van der Waals surface area contributed by atoms with E-state index < -0.39 is 97.5 Å². The van der Waals surface area contributed by atoms with E-state index >= 15 is 0 Å². The highest BCUT2D eigenvalue weighted by Gasteiger charge is 2.30. The maximum absolute atomic E-state index is 13.1. The van der Waals surface area contributed by atoms with Crippen molar-refractivity contribution in [3.05, 3.63) is 0 Å². The molecule has 0 fully saturated rings. The summed E-state index contributed by atoms with van der Waals surface area (Å²) in [6.07, 6.45) is 54.4. The summed E-state index contributed by atoms with van der Waals surface area (Å²) in [5.41, 5.74) is 0. The maximum Gasteiger partial charge on any atom is 0.472 e. The second-order valence-electron chi connectivity index (χ2n) is 27.8. The van der Waals surface area contributed by atoms with Crippen LogP contribution in [0.3, 0.4) is 0 Å². The Morgan fingerprint density at radius 3 is 0.809 bits per heavy atom. The summed E-state index contributed by atoms with van der Waals surface area (Å²) in [6.45, 7) is 9.56. The summed E-state index contributed by atoms with van der Waals surface area (Å²) in [6, 6.07) is 0. The van der Waals surface area contributed by atoms with Gasteiger partial charge >= 0.3 is 39.5 Å². The Bertz CT molecular complexity index is 1820. The Morgan fingerprint density at radius 1 is 0.309 bits per heavy atom. The topological polar surface area (TPSA) is 237 Å². The molecular formula is C75H146O17P2. The maximum atomic E-state index is 13.1. The van der Waals surface area contributed by atoms with Crippen molar-refractivity contribution in [1.82, 2.24) is 0 Å². The van der Waals surface area contributed by atoms with Crippen molar-refractivity contribution in [2.75, 3.05) is 39.6 Å². The van der Waals surface area contributed by atoms with E-state index in [1.807, 2.05) is 0 Å². The normalized spacial score (nSPS) is 14.3. The molecular weight excluding hydrogens is 1230 g/mol. The number of esters is 4. The molecule has 0 radical (unpaired) electrons. The Balaban J connectivity index is 5.15. The molecule has 0 aliphatic rings. The van der Waals surface area contributed by atoms with E-state index in [0.29, 0.717) is 25.7 Å². The third-order valence-electron chi connectivity index (χ3n) is 17.8. The molecule has 94 heavy (non-hydrogen) atoms. The lowest BCUT2D eigenvalue weighted by Crippen LogP contribution is -2.30. The minimum absolute atomic E-state index is 0.106. The largest absolute Gasteiger partial charge is 0.472 e. The van der Waals surface area contributed by atoms with Crippen molar-refractivity contribution in [2.24, 2.45) is 11.8 Å². The fraction of sp³-hybridized carbons (Fsp3) is 0.947. The number of carbonyl (C=O) groups excluding carboxylic acids is 4. The van der Waals surface area contributed by atoms with E-state index in [0.717, 1.165) is 108 Å². The molecule has 0 aromatic heterocycles. The third kappa shape index (κ3) is 67.3. The molecule has 17 nitrogen and oxygen atoms in total. The molecule has 0 aromatic carbocycles. The number of rotatable bonds is 74. The highest BCUT2D eigenvalue weighted by molar-refractivity contribution is 7.47. The average Bonchev–Trinajstić information content (AvgIpc) is 1.80. The Morgan fingerprint density at radius 2 is 0.543 bits per heavy atom. The zero-order valence-corrected chi connectivity index (χ0v) is 63.1. The number of carbonyl (C=O) groups is 4. The van der Waals surface area contributed by atoms with Crippen LogP contribution in [-0.4, -0.2) is 96.7 Å². The predicted octanol–water partition coefficient (Wildman–Crippen LogP) is 21.9. The molecule has 0 amide bonds. The van der Waals surface area contributed by atoms with Gasteiger partial charge in [-0.1, -0.05) is 337 Å². The lowest BCUT2D eigenvalue weighted by molar-refractivity contribution is -0.161. The van der Waals surface area contributed by atoms with Crippen molar-refractivity contribution >= 4 is 39.5 Å². The smallest absolute Gasteiger partial charge is 0.462 e. The summed E-state index contributed by atoms with van der Waals surface area (Å²) in [7, 11) is -9.90. The lowest BCUT2D eigenvalue weighted by atomic mass is 9.99. The van der Waals surface area contributed by atoms with Crippen LogP contribution >= 0.6 is 15.6 Å². The lowest BCUT2D eigenvalue weighted by Gasteiger charge is -2.21. The molecule has 0 aliphatic heterocycles. The fourth-order valence-corrected chi connectivity index (χ4v) is 13.0. The first-order chi connectivity index (χ1) is 45.4. The van der Waals surface area contributed by atoms with E-state index in [-0.39, 0.29) is 25.7 Å². The standard InChI is InChI=1S/C75H146O17P2/c1-7-10-12-14-15-16-17-18-19-20-21-25-30-35-40-46-52-58-73(78)86-64-71(92-75(80)59-53-47-41-36-31-26-23-22-24-29-34-39-45-50-56-68(6)9-3)66-90-94(83,84)88-62-69(76)61-87-93(81,82)89-65-70(63-85-72(77)57-51-43-13-11-8-2)91-74(79)60-54-48-42-37-32-27-28-33-38-44-49-55-67(4)5/h67-71,76H,7-66H2,1-6H3,(H,81,82)(H,83,84)/t68?,69-,70+,71+/m0/s1. The number of phosphoric ester groups is 2. The third-order valence-corrected chi connectivity index (χ3v) is 19.7. The van der Waals surface area contributed by atoms with Gasteiger partial charge in [-0.15, -0.1) is 0 Å². The molecule has 19 heteroatoms. The van der Waals surface area contributed by atoms with Crippen LogP contribution in [0.2, 0.25) is 0 Å². The molecule has 0 saturated heterocycles.